The van der Waals surface area contributed by atoms with Crippen molar-refractivity contribution in [2.75, 3.05) is 13.1 Å². The Hall–Kier alpha value is -0.660. The van der Waals surface area contributed by atoms with Crippen molar-refractivity contribution in [3.63, 3.8) is 0 Å². The van der Waals surface area contributed by atoms with Crippen LogP contribution in [0, 0.1) is 11.8 Å². The Labute approximate surface area is 86.5 Å². The van der Waals surface area contributed by atoms with E-state index in [4.69, 9.17) is 9.59 Å². The highest BCUT2D eigenvalue weighted by Crippen LogP contribution is 2.24. The highest BCUT2D eigenvalue weighted by atomic mass is 16.2. The summed E-state index contributed by atoms with van der Waals surface area (Å²) in [5, 5.41) is 0. The minimum Gasteiger partial charge on any atom is -0.301 e. The molecule has 1 atom stereocenters. The highest BCUT2D eigenvalue weighted by Gasteiger charge is 2.25. The van der Waals surface area contributed by atoms with E-state index in [0.29, 0.717) is 0 Å². The van der Waals surface area contributed by atoms with Gasteiger partial charge in [-0.1, -0.05) is 13.8 Å². The summed E-state index contributed by atoms with van der Waals surface area (Å²) in [6.45, 7) is 11.9. The van der Waals surface area contributed by atoms with Gasteiger partial charge >= 0.3 is 6.15 Å². The molecule has 0 saturated carbocycles. The fourth-order valence-corrected chi connectivity index (χ4v) is 1.83. The molecular formula is C11H21NO2. The molecule has 1 saturated heterocycles. The first kappa shape index (κ1) is 13.3. The van der Waals surface area contributed by atoms with Crippen LogP contribution in [-0.2, 0) is 9.59 Å². The predicted octanol–water partition coefficient (Wildman–Crippen LogP) is 1.79. The molecular weight excluding hydrogens is 178 g/mol. The number of carbonyl (C=O) groups excluding carboxylic acids is 2. The van der Waals surface area contributed by atoms with Crippen LogP contribution in [0.2, 0.25) is 0 Å². The zero-order valence-corrected chi connectivity index (χ0v) is 9.62. The SMILES string of the molecule is CC(C)C1CCN(C(C)C)C1.O=C=O. The molecule has 14 heavy (non-hydrogen) atoms. The van der Waals surface area contributed by atoms with Gasteiger partial charge in [-0.2, -0.15) is 9.59 Å². The molecule has 3 nitrogen and oxygen atoms in total. The second-order valence-electron chi connectivity index (χ2n) is 4.46. The Morgan fingerprint density at radius 3 is 1.93 bits per heavy atom. The fraction of sp³-hybridized carbons (Fsp3) is 0.909. The largest absolute Gasteiger partial charge is 0.373 e. The molecule has 0 aromatic heterocycles. The van der Waals surface area contributed by atoms with Crippen molar-refractivity contribution in [3.05, 3.63) is 0 Å². The van der Waals surface area contributed by atoms with Gasteiger partial charge in [0.2, 0.25) is 0 Å². The first-order valence-electron chi connectivity index (χ1n) is 5.26. The van der Waals surface area contributed by atoms with Gasteiger partial charge in [-0.15, -0.1) is 0 Å². The first-order valence-corrected chi connectivity index (χ1v) is 5.26. The number of rotatable bonds is 2. The lowest BCUT2D eigenvalue weighted by atomic mass is 9.95. The molecule has 1 heterocycles. The molecule has 1 rings (SSSR count). The van der Waals surface area contributed by atoms with Crippen LogP contribution in [0.5, 0.6) is 0 Å². The van der Waals surface area contributed by atoms with Crippen LogP contribution < -0.4 is 0 Å². The van der Waals surface area contributed by atoms with E-state index in [9.17, 15) is 0 Å². The molecule has 0 bridgehead atoms. The van der Waals surface area contributed by atoms with Crippen molar-refractivity contribution in [2.45, 2.75) is 40.2 Å². The van der Waals surface area contributed by atoms with E-state index < -0.39 is 0 Å². The second kappa shape index (κ2) is 6.74. The summed E-state index contributed by atoms with van der Waals surface area (Å²) in [7, 11) is 0. The maximum Gasteiger partial charge on any atom is 0.373 e. The van der Waals surface area contributed by atoms with Crippen molar-refractivity contribution < 1.29 is 9.59 Å². The first-order chi connectivity index (χ1) is 6.52. The average molecular weight is 199 g/mol. The van der Waals surface area contributed by atoms with Gasteiger partial charge in [0, 0.05) is 12.6 Å². The van der Waals surface area contributed by atoms with Crippen molar-refractivity contribution in [3.8, 4) is 0 Å². The lowest BCUT2D eigenvalue weighted by Gasteiger charge is -2.21. The molecule has 0 spiro atoms. The van der Waals surface area contributed by atoms with Crippen LogP contribution in [0.15, 0.2) is 0 Å². The standard InChI is InChI=1S/C10H21N.CO2/c1-8(2)10-5-6-11(7-10)9(3)4;2-1-3/h8-10H,5-7H2,1-4H3;. The molecule has 0 aromatic carbocycles. The monoisotopic (exact) mass is 199 g/mol. The topological polar surface area (TPSA) is 37.4 Å². The van der Waals surface area contributed by atoms with Crippen molar-refractivity contribution in [1.29, 1.82) is 0 Å². The summed E-state index contributed by atoms with van der Waals surface area (Å²) in [5.74, 6) is 1.83. The molecule has 0 aromatic rings. The number of hydrogen-bond acceptors (Lipinski definition) is 3. The lowest BCUT2D eigenvalue weighted by Crippen LogP contribution is -2.28. The van der Waals surface area contributed by atoms with Crippen molar-refractivity contribution in [1.82, 2.24) is 4.90 Å². The Kier molecular flexibility index (Phi) is 6.43. The van der Waals surface area contributed by atoms with Crippen LogP contribution in [0.3, 0.4) is 0 Å². The van der Waals surface area contributed by atoms with Gasteiger partial charge in [0.25, 0.3) is 0 Å². The van der Waals surface area contributed by atoms with E-state index in [1.807, 2.05) is 0 Å². The molecule has 1 aliphatic heterocycles. The molecule has 1 fully saturated rings. The minimum atomic E-state index is 0.250. The summed E-state index contributed by atoms with van der Waals surface area (Å²) >= 11 is 0. The Balaban J connectivity index is 0.000000500. The third kappa shape index (κ3) is 4.54. The molecule has 3 heteroatoms. The zero-order chi connectivity index (χ0) is 11.1. The van der Waals surface area contributed by atoms with E-state index in [2.05, 4.69) is 32.6 Å². The smallest absolute Gasteiger partial charge is 0.301 e. The minimum absolute atomic E-state index is 0.250. The molecule has 1 aliphatic rings. The maximum absolute atomic E-state index is 8.12. The molecule has 0 amide bonds. The highest BCUT2D eigenvalue weighted by molar-refractivity contribution is 5.20. The summed E-state index contributed by atoms with van der Waals surface area (Å²) in [4.78, 5) is 18.8. The number of likely N-dealkylation sites (tertiary alicyclic amines) is 1. The van der Waals surface area contributed by atoms with Crippen LogP contribution in [-0.4, -0.2) is 30.2 Å². The molecule has 1 unspecified atom stereocenters. The van der Waals surface area contributed by atoms with Gasteiger partial charge in [0.1, 0.15) is 0 Å². The number of hydrogen-bond donors (Lipinski definition) is 0. The van der Waals surface area contributed by atoms with E-state index in [1.165, 1.54) is 19.5 Å². The Morgan fingerprint density at radius 2 is 1.71 bits per heavy atom. The van der Waals surface area contributed by atoms with Gasteiger partial charge in [-0.25, -0.2) is 0 Å². The molecule has 82 valence electrons. The lowest BCUT2D eigenvalue weighted by molar-refractivity contribution is -0.191. The molecule has 0 radical (unpaired) electrons. The maximum atomic E-state index is 8.12. The molecule has 0 N–H and O–H groups in total. The quantitative estimate of drug-likeness (QED) is 0.680. The van der Waals surface area contributed by atoms with Crippen LogP contribution >= 0.6 is 0 Å². The molecule has 0 aliphatic carbocycles. The Morgan fingerprint density at radius 1 is 1.21 bits per heavy atom. The predicted molar refractivity (Wildman–Crippen MR) is 54.7 cm³/mol. The van der Waals surface area contributed by atoms with Crippen molar-refractivity contribution in [2.24, 2.45) is 11.8 Å². The normalized spacial score (nSPS) is 22.0. The van der Waals surface area contributed by atoms with Crippen LogP contribution in [0.1, 0.15) is 34.1 Å². The third-order valence-corrected chi connectivity index (χ3v) is 2.93. The summed E-state index contributed by atoms with van der Waals surface area (Å²) in [6.07, 6.45) is 1.66. The van der Waals surface area contributed by atoms with E-state index in [-0.39, 0.29) is 6.15 Å². The van der Waals surface area contributed by atoms with Gasteiger partial charge in [-0.3, -0.25) is 0 Å². The third-order valence-electron chi connectivity index (χ3n) is 2.93. The van der Waals surface area contributed by atoms with Gasteiger partial charge < -0.3 is 4.90 Å². The van der Waals surface area contributed by atoms with Crippen LogP contribution in [0.25, 0.3) is 0 Å². The van der Waals surface area contributed by atoms with Gasteiger partial charge in [0.05, 0.1) is 0 Å². The summed E-state index contributed by atoms with van der Waals surface area (Å²) in [6, 6.07) is 0.749. The van der Waals surface area contributed by atoms with Gasteiger partial charge in [0.15, 0.2) is 0 Å². The Bertz CT molecular complexity index is 170. The average Bonchev–Trinajstić information content (AvgIpc) is 2.53. The van der Waals surface area contributed by atoms with Crippen molar-refractivity contribution >= 4 is 6.15 Å². The van der Waals surface area contributed by atoms with E-state index in [0.717, 1.165) is 17.9 Å². The fourth-order valence-electron chi connectivity index (χ4n) is 1.83. The van der Waals surface area contributed by atoms with Gasteiger partial charge in [-0.05, 0) is 38.6 Å². The van der Waals surface area contributed by atoms with E-state index in [1.54, 1.807) is 0 Å². The van der Waals surface area contributed by atoms with Crippen LogP contribution in [0.4, 0.5) is 0 Å². The zero-order valence-electron chi connectivity index (χ0n) is 9.62. The summed E-state index contributed by atoms with van der Waals surface area (Å²) < 4.78 is 0. The second-order valence-corrected chi connectivity index (χ2v) is 4.46. The summed E-state index contributed by atoms with van der Waals surface area (Å²) in [5.41, 5.74) is 0. The van der Waals surface area contributed by atoms with E-state index >= 15 is 0 Å². The number of nitrogens with zero attached hydrogens (tertiary/aromatic N) is 1.